The maximum atomic E-state index is 6.11. The average molecular weight is 547 g/mol. The molecule has 0 unspecified atom stereocenters. The van der Waals surface area contributed by atoms with Gasteiger partial charge in [0.05, 0.1) is 11.6 Å². The van der Waals surface area contributed by atoms with E-state index < -0.39 is 0 Å². The van der Waals surface area contributed by atoms with Crippen molar-refractivity contribution in [1.82, 2.24) is 19.1 Å². The van der Waals surface area contributed by atoms with Gasteiger partial charge in [-0.3, -0.25) is 9.97 Å². The van der Waals surface area contributed by atoms with Gasteiger partial charge >= 0.3 is 21.1 Å². The van der Waals surface area contributed by atoms with Crippen LogP contribution in [0.2, 0.25) is 0 Å². The first-order chi connectivity index (χ1) is 13.3. The number of hydrogen-bond donors (Lipinski definition) is 0. The normalized spacial score (nSPS) is 13.6. The zero-order valence-electron chi connectivity index (χ0n) is 15.0. The summed E-state index contributed by atoms with van der Waals surface area (Å²) in [5, 5.41) is 0. The second kappa shape index (κ2) is 6.75. The van der Waals surface area contributed by atoms with Crippen LogP contribution in [0.4, 0.5) is 0 Å². The largest absolute Gasteiger partial charge is 2.00 e. The topological polar surface area (TPSA) is 44.9 Å². The molecule has 140 valence electrons. The fourth-order valence-electron chi connectivity index (χ4n) is 3.98. The summed E-state index contributed by atoms with van der Waals surface area (Å²) >= 11 is 0. The Labute approximate surface area is 177 Å². The standard InChI is InChI=1S/C22H16N4O.Pt/c1-3-17(13-19-15(1)5-9-25-11-7-23-21(19)25)27-18-4-2-16-6-10-26-12-8-24-22(26)20(16)14-18;/h1-4,7-8,11-12H,5-6,9-10H2;/q-2;+2. The van der Waals surface area contributed by atoms with E-state index in [0.29, 0.717) is 11.5 Å². The van der Waals surface area contributed by atoms with Crippen molar-refractivity contribution in [3.8, 4) is 34.3 Å². The van der Waals surface area contributed by atoms with Crippen molar-refractivity contribution in [2.45, 2.75) is 25.9 Å². The molecule has 2 aliphatic rings. The van der Waals surface area contributed by atoms with E-state index in [1.165, 1.54) is 11.1 Å². The number of rotatable bonds is 2. The molecule has 0 saturated carbocycles. The minimum Gasteiger partial charge on any atom is -0.497 e. The van der Waals surface area contributed by atoms with Crippen LogP contribution in [0.25, 0.3) is 22.8 Å². The summed E-state index contributed by atoms with van der Waals surface area (Å²) in [7, 11) is 0. The first-order valence-electron chi connectivity index (χ1n) is 9.16. The SMILES string of the molecule is [Pt+2].[c-]1c(Oc2[c-]c3c(cc2)CCn2ccnc2-3)ccc2c1-c1nccn1CC2. The molecular weight excluding hydrogens is 531 g/mol. The zero-order valence-corrected chi connectivity index (χ0v) is 17.2. The Kier molecular flexibility index (Phi) is 4.21. The summed E-state index contributed by atoms with van der Waals surface area (Å²) in [6, 6.07) is 15.0. The molecule has 4 aromatic rings. The van der Waals surface area contributed by atoms with Gasteiger partial charge < -0.3 is 13.9 Å². The third kappa shape index (κ3) is 2.73. The van der Waals surface area contributed by atoms with Gasteiger partial charge in [-0.2, -0.15) is 0 Å². The molecule has 6 heteroatoms. The quantitative estimate of drug-likeness (QED) is 0.358. The fourth-order valence-corrected chi connectivity index (χ4v) is 3.98. The molecule has 0 spiro atoms. The van der Waals surface area contributed by atoms with Crippen LogP contribution >= 0.6 is 0 Å². The molecule has 0 saturated heterocycles. The van der Waals surface area contributed by atoms with Crippen molar-refractivity contribution in [2.24, 2.45) is 0 Å². The summed E-state index contributed by atoms with van der Waals surface area (Å²) in [5.41, 5.74) is 4.57. The van der Waals surface area contributed by atoms with Crippen LogP contribution in [0.15, 0.2) is 49.1 Å². The molecule has 2 aliphatic heterocycles. The Morgan fingerprint density at radius 3 is 1.75 bits per heavy atom. The predicted molar refractivity (Wildman–Crippen MR) is 100 cm³/mol. The van der Waals surface area contributed by atoms with Crippen molar-refractivity contribution in [1.29, 1.82) is 0 Å². The number of fused-ring (bicyclic) bond motifs is 6. The van der Waals surface area contributed by atoms with E-state index in [1.807, 2.05) is 36.9 Å². The summed E-state index contributed by atoms with van der Waals surface area (Å²) in [6.45, 7) is 1.92. The monoisotopic (exact) mass is 547 g/mol. The number of nitrogens with zero attached hydrogens (tertiary/aromatic N) is 4. The molecular formula is C22H16N4OPt. The van der Waals surface area contributed by atoms with E-state index in [9.17, 15) is 0 Å². The molecule has 0 fully saturated rings. The summed E-state index contributed by atoms with van der Waals surface area (Å²) in [5.74, 6) is 3.28. The number of hydrogen-bond acceptors (Lipinski definition) is 3. The van der Waals surface area contributed by atoms with E-state index in [0.717, 1.165) is 48.7 Å². The molecule has 0 N–H and O–H groups in total. The van der Waals surface area contributed by atoms with Crippen molar-refractivity contribution in [2.75, 3.05) is 0 Å². The molecule has 0 aliphatic carbocycles. The van der Waals surface area contributed by atoms with Gasteiger partial charge in [0.2, 0.25) is 0 Å². The molecule has 6 rings (SSSR count). The van der Waals surface area contributed by atoms with Crippen LogP contribution in [-0.4, -0.2) is 19.1 Å². The minimum absolute atomic E-state index is 0. The Balaban J connectivity index is 0.00000171. The number of benzene rings is 2. The second-order valence-electron chi connectivity index (χ2n) is 6.94. The molecule has 28 heavy (non-hydrogen) atoms. The van der Waals surface area contributed by atoms with Crippen LogP contribution in [0.3, 0.4) is 0 Å². The van der Waals surface area contributed by atoms with Crippen LogP contribution < -0.4 is 4.74 Å². The van der Waals surface area contributed by atoms with Gasteiger partial charge in [-0.05, 0) is 12.8 Å². The summed E-state index contributed by atoms with van der Waals surface area (Å²) in [4.78, 5) is 8.96. The Bertz CT molecular complexity index is 1090. The van der Waals surface area contributed by atoms with Crippen molar-refractivity contribution < 1.29 is 25.8 Å². The summed E-state index contributed by atoms with van der Waals surface area (Å²) < 4.78 is 10.4. The molecule has 0 radical (unpaired) electrons. The predicted octanol–water partition coefficient (Wildman–Crippen LogP) is 3.92. The van der Waals surface area contributed by atoms with Gasteiger partial charge in [0.1, 0.15) is 0 Å². The number of aryl methyl sites for hydroxylation is 4. The van der Waals surface area contributed by atoms with E-state index in [-0.39, 0.29) is 21.1 Å². The van der Waals surface area contributed by atoms with Crippen molar-refractivity contribution in [3.63, 3.8) is 0 Å². The third-order valence-corrected chi connectivity index (χ3v) is 5.35. The Morgan fingerprint density at radius 1 is 0.750 bits per heavy atom. The third-order valence-electron chi connectivity index (χ3n) is 5.35. The first-order valence-corrected chi connectivity index (χ1v) is 9.16. The van der Waals surface area contributed by atoms with E-state index in [1.54, 1.807) is 0 Å². The maximum Gasteiger partial charge on any atom is 2.00 e. The van der Waals surface area contributed by atoms with Gasteiger partial charge in [-0.15, -0.1) is 46.5 Å². The van der Waals surface area contributed by atoms with Gasteiger partial charge in [0, 0.05) is 49.4 Å². The summed E-state index contributed by atoms with van der Waals surface area (Å²) in [6.07, 6.45) is 9.68. The van der Waals surface area contributed by atoms with Gasteiger partial charge in [-0.1, -0.05) is 12.1 Å². The molecule has 5 nitrogen and oxygen atoms in total. The van der Waals surface area contributed by atoms with Gasteiger partial charge in [-0.25, -0.2) is 0 Å². The molecule has 2 aromatic carbocycles. The molecule has 4 heterocycles. The first kappa shape index (κ1) is 17.4. The van der Waals surface area contributed by atoms with Crippen molar-refractivity contribution >= 4 is 0 Å². The average Bonchev–Trinajstić information content (AvgIpc) is 3.37. The van der Waals surface area contributed by atoms with Crippen LogP contribution in [-0.2, 0) is 47.0 Å². The molecule has 2 aromatic heterocycles. The number of aromatic nitrogens is 4. The molecule has 0 bridgehead atoms. The van der Waals surface area contributed by atoms with E-state index in [2.05, 4.69) is 43.4 Å². The van der Waals surface area contributed by atoms with E-state index in [4.69, 9.17) is 4.74 Å². The van der Waals surface area contributed by atoms with Gasteiger partial charge in [0.15, 0.2) is 0 Å². The Hall–Kier alpha value is -2.65. The zero-order chi connectivity index (χ0) is 17.8. The van der Waals surface area contributed by atoms with Crippen molar-refractivity contribution in [3.05, 3.63) is 72.3 Å². The van der Waals surface area contributed by atoms with Crippen LogP contribution in [0.1, 0.15) is 11.1 Å². The maximum absolute atomic E-state index is 6.11. The van der Waals surface area contributed by atoms with Gasteiger partial charge in [0.25, 0.3) is 0 Å². The fraction of sp³-hybridized carbons (Fsp3) is 0.182. The van der Waals surface area contributed by atoms with Crippen LogP contribution in [0.5, 0.6) is 11.5 Å². The number of ether oxygens (including phenoxy) is 1. The smallest absolute Gasteiger partial charge is 0.497 e. The van der Waals surface area contributed by atoms with E-state index >= 15 is 0 Å². The second-order valence-corrected chi connectivity index (χ2v) is 6.94. The van der Waals surface area contributed by atoms with Crippen LogP contribution in [0, 0.1) is 12.1 Å². The molecule has 0 amide bonds. The Morgan fingerprint density at radius 2 is 1.25 bits per heavy atom. The minimum atomic E-state index is 0. The number of imidazole rings is 2. The molecule has 0 atom stereocenters.